The summed E-state index contributed by atoms with van der Waals surface area (Å²) in [7, 11) is -4.41. The number of alkyl halides is 3. The van der Waals surface area contributed by atoms with Crippen molar-refractivity contribution in [2.75, 3.05) is 19.4 Å². The molecule has 0 N–H and O–H groups in total. The van der Waals surface area contributed by atoms with Gasteiger partial charge in [0.2, 0.25) is 0 Å². The molecule has 0 saturated heterocycles. The quantitative estimate of drug-likeness (QED) is 0.511. The van der Waals surface area contributed by atoms with Crippen molar-refractivity contribution in [3.63, 3.8) is 0 Å². The first-order chi connectivity index (χ1) is 9.09. The standard InChI is InChI=1S/C7H9Cl2F3NO6P/c1-2-17-5(14)3-13(6(15)7(10,11)12)4-20(16,18-8)19-9/h2-4H2,1H3. The third-order valence-electron chi connectivity index (χ3n) is 1.71. The van der Waals surface area contributed by atoms with Crippen LogP contribution >= 0.6 is 31.3 Å². The normalized spacial score (nSPS) is 12.1. The minimum absolute atomic E-state index is 0.122. The van der Waals surface area contributed by atoms with E-state index in [0.29, 0.717) is 0 Å². The van der Waals surface area contributed by atoms with Crippen molar-refractivity contribution >= 4 is 43.2 Å². The Morgan fingerprint density at radius 1 is 1.25 bits per heavy atom. The van der Waals surface area contributed by atoms with Crippen molar-refractivity contribution < 1.29 is 40.2 Å². The number of hydrogen-bond donors (Lipinski definition) is 0. The molecule has 0 unspecified atom stereocenters. The van der Waals surface area contributed by atoms with Crippen molar-refractivity contribution in [2.45, 2.75) is 13.1 Å². The predicted molar refractivity (Wildman–Crippen MR) is 60.8 cm³/mol. The molecule has 0 aromatic rings. The lowest BCUT2D eigenvalue weighted by molar-refractivity contribution is -0.186. The van der Waals surface area contributed by atoms with E-state index in [1.54, 1.807) is 0 Å². The van der Waals surface area contributed by atoms with E-state index in [2.05, 4.69) is 12.9 Å². The maximum Gasteiger partial charge on any atom is 0.471 e. The van der Waals surface area contributed by atoms with Crippen molar-refractivity contribution in [2.24, 2.45) is 0 Å². The van der Waals surface area contributed by atoms with E-state index >= 15 is 0 Å². The second-order valence-electron chi connectivity index (χ2n) is 3.20. The van der Waals surface area contributed by atoms with Gasteiger partial charge in [-0.2, -0.15) is 21.3 Å². The molecule has 0 spiro atoms. The second kappa shape index (κ2) is 8.04. The van der Waals surface area contributed by atoms with Gasteiger partial charge in [0.25, 0.3) is 0 Å². The zero-order valence-electron chi connectivity index (χ0n) is 9.86. The van der Waals surface area contributed by atoms with Crippen molar-refractivity contribution in [1.82, 2.24) is 4.90 Å². The van der Waals surface area contributed by atoms with Crippen LogP contribution in [0.2, 0.25) is 0 Å². The van der Waals surface area contributed by atoms with Gasteiger partial charge in [-0.1, -0.05) is 0 Å². The highest BCUT2D eigenvalue weighted by molar-refractivity contribution is 7.55. The maximum absolute atomic E-state index is 12.3. The first kappa shape index (κ1) is 19.5. The summed E-state index contributed by atoms with van der Waals surface area (Å²) in [6.45, 7) is 0.154. The van der Waals surface area contributed by atoms with Crippen LogP contribution in [0, 0.1) is 0 Å². The molecule has 0 aromatic heterocycles. The molecule has 0 bridgehead atoms. The largest absolute Gasteiger partial charge is 0.471 e. The van der Waals surface area contributed by atoms with Crippen molar-refractivity contribution in [3.05, 3.63) is 0 Å². The molecule has 0 atom stereocenters. The molecule has 0 rings (SSSR count). The molecule has 0 aliphatic carbocycles. The van der Waals surface area contributed by atoms with Gasteiger partial charge in [0.1, 0.15) is 12.8 Å². The zero-order valence-corrected chi connectivity index (χ0v) is 12.3. The summed E-state index contributed by atoms with van der Waals surface area (Å²) in [4.78, 5) is 22.1. The average Bonchev–Trinajstić information content (AvgIpc) is 2.36. The summed E-state index contributed by atoms with van der Waals surface area (Å²) in [6.07, 6.45) is -6.59. The second-order valence-corrected chi connectivity index (χ2v) is 5.80. The fourth-order valence-corrected chi connectivity index (χ4v) is 2.26. The number of carbonyl (C=O) groups is 2. The van der Waals surface area contributed by atoms with E-state index < -0.39 is 38.5 Å². The highest BCUT2D eigenvalue weighted by Crippen LogP contribution is 2.51. The fraction of sp³-hybridized carbons (Fsp3) is 0.714. The Labute approximate surface area is 121 Å². The van der Waals surface area contributed by atoms with Crippen LogP contribution in [0.5, 0.6) is 0 Å². The Morgan fingerprint density at radius 3 is 2.10 bits per heavy atom. The van der Waals surface area contributed by atoms with E-state index in [1.165, 1.54) is 6.92 Å². The molecule has 13 heteroatoms. The summed E-state index contributed by atoms with van der Waals surface area (Å²) in [5.74, 6) is -3.60. The lowest BCUT2D eigenvalue weighted by Crippen LogP contribution is -2.44. The van der Waals surface area contributed by atoms with Gasteiger partial charge in [-0.25, -0.2) is 0 Å². The van der Waals surface area contributed by atoms with Crippen LogP contribution in [0.15, 0.2) is 0 Å². The van der Waals surface area contributed by atoms with Crippen molar-refractivity contribution in [3.8, 4) is 0 Å². The summed E-state index contributed by atoms with van der Waals surface area (Å²) < 4.78 is 60.5. The molecule has 118 valence electrons. The molecule has 0 radical (unpaired) electrons. The summed E-state index contributed by atoms with van der Waals surface area (Å²) in [5, 5.41) is 0. The topological polar surface area (TPSA) is 82.1 Å². The molecule has 0 fully saturated rings. The number of carbonyl (C=O) groups excluding carboxylic acids is 2. The molecule has 0 saturated carbocycles. The third kappa shape index (κ3) is 6.27. The molecule has 0 aromatic carbocycles. The smallest absolute Gasteiger partial charge is 0.465 e. The molecule has 7 nitrogen and oxygen atoms in total. The summed E-state index contributed by atoms with van der Waals surface area (Å²) in [6, 6.07) is 0. The van der Waals surface area contributed by atoms with Crippen LogP contribution in [-0.4, -0.2) is 42.4 Å². The first-order valence-corrected chi connectivity index (χ1v) is 7.15. The van der Waals surface area contributed by atoms with E-state index in [4.69, 9.17) is 23.7 Å². The van der Waals surface area contributed by atoms with Gasteiger partial charge in [-0.05, 0) is 6.92 Å². The Balaban J connectivity index is 5.12. The van der Waals surface area contributed by atoms with Crippen LogP contribution in [0.4, 0.5) is 13.2 Å². The number of ether oxygens (including phenoxy) is 1. The zero-order chi connectivity index (χ0) is 16.0. The van der Waals surface area contributed by atoms with Gasteiger partial charge >= 0.3 is 25.6 Å². The van der Waals surface area contributed by atoms with Crippen LogP contribution in [0.3, 0.4) is 0 Å². The van der Waals surface area contributed by atoms with E-state index in [1.807, 2.05) is 0 Å². The van der Waals surface area contributed by atoms with Gasteiger partial charge in [0, 0.05) is 0 Å². The Hall–Kier alpha value is -0.540. The highest BCUT2D eigenvalue weighted by Gasteiger charge is 2.45. The number of rotatable bonds is 7. The fourth-order valence-electron chi connectivity index (χ4n) is 0.991. The Bertz CT molecular complexity index is 399. The van der Waals surface area contributed by atoms with Gasteiger partial charge in [-0.3, -0.25) is 14.2 Å². The number of halogens is 5. The van der Waals surface area contributed by atoms with Crippen molar-refractivity contribution in [1.29, 1.82) is 0 Å². The molecule has 0 aliphatic heterocycles. The minimum atomic E-state index is -5.31. The van der Waals surface area contributed by atoms with E-state index in [9.17, 15) is 27.3 Å². The summed E-state index contributed by atoms with van der Waals surface area (Å²) in [5.41, 5.74) is 0. The Morgan fingerprint density at radius 2 is 1.75 bits per heavy atom. The van der Waals surface area contributed by atoms with Gasteiger partial charge in [0.15, 0.2) is 0 Å². The number of esters is 1. The number of nitrogens with zero attached hydrogens (tertiary/aromatic N) is 1. The third-order valence-corrected chi connectivity index (χ3v) is 4.08. The maximum atomic E-state index is 12.3. The predicted octanol–water partition coefficient (Wildman–Crippen LogP) is 2.43. The SMILES string of the molecule is CCOC(=O)CN(CP(=O)(OCl)OCl)C(=O)C(F)(F)F. The molecular weight excluding hydrogens is 353 g/mol. The van der Waals surface area contributed by atoms with E-state index in [0.717, 1.165) is 0 Å². The molecule has 0 heterocycles. The van der Waals surface area contributed by atoms with Gasteiger partial charge < -0.3 is 9.64 Å². The molecule has 0 aliphatic rings. The lowest BCUT2D eigenvalue weighted by atomic mass is 10.5. The monoisotopic (exact) mass is 361 g/mol. The van der Waals surface area contributed by atoms with Gasteiger partial charge in [-0.15, -0.1) is 0 Å². The Kier molecular flexibility index (Phi) is 7.82. The number of amides is 1. The van der Waals surface area contributed by atoms with Crippen LogP contribution in [0.25, 0.3) is 0 Å². The van der Waals surface area contributed by atoms with Crippen LogP contribution < -0.4 is 0 Å². The van der Waals surface area contributed by atoms with Gasteiger partial charge in [0.05, 0.1) is 30.3 Å². The molecular formula is C7H9Cl2F3NO6P. The minimum Gasteiger partial charge on any atom is -0.465 e. The highest BCUT2D eigenvalue weighted by atomic mass is 35.5. The van der Waals surface area contributed by atoms with Crippen LogP contribution in [-0.2, 0) is 27.0 Å². The first-order valence-electron chi connectivity index (χ1n) is 4.81. The average molecular weight is 362 g/mol. The van der Waals surface area contributed by atoms with E-state index in [-0.39, 0.29) is 11.5 Å². The van der Waals surface area contributed by atoms with Crippen LogP contribution in [0.1, 0.15) is 6.92 Å². The molecule has 1 amide bonds. The molecule has 20 heavy (non-hydrogen) atoms. The summed E-state index contributed by atoms with van der Waals surface area (Å²) >= 11 is 9.52. The number of hydrogen-bond acceptors (Lipinski definition) is 6. The lowest BCUT2D eigenvalue weighted by Gasteiger charge is -2.24.